The van der Waals surface area contributed by atoms with Crippen LogP contribution in [0.25, 0.3) is 10.9 Å². The molecule has 1 N–H and O–H groups in total. The van der Waals surface area contributed by atoms with Crippen molar-refractivity contribution in [1.82, 2.24) is 9.29 Å². The molecule has 142 valence electrons. The smallest absolute Gasteiger partial charge is 0.322 e. The first-order valence-electron chi connectivity index (χ1n) is 8.44. The Kier molecular flexibility index (Phi) is 5.12. The van der Waals surface area contributed by atoms with Crippen LogP contribution in [0.3, 0.4) is 0 Å². The summed E-state index contributed by atoms with van der Waals surface area (Å²) in [7, 11) is -3.89. The van der Waals surface area contributed by atoms with Crippen LogP contribution in [0.4, 0.5) is 13.2 Å². The first-order valence-corrected chi connectivity index (χ1v) is 9.88. The van der Waals surface area contributed by atoms with Crippen molar-refractivity contribution in [2.24, 2.45) is 0 Å². The lowest BCUT2D eigenvalue weighted by atomic mass is 10.1. The molecule has 0 aliphatic carbocycles. The predicted molar refractivity (Wildman–Crippen MR) is 91.4 cm³/mol. The molecule has 0 bridgehead atoms. The fourth-order valence-corrected chi connectivity index (χ4v) is 4.78. The van der Waals surface area contributed by atoms with Crippen molar-refractivity contribution >= 4 is 20.9 Å². The zero-order valence-corrected chi connectivity index (χ0v) is 14.8. The number of sulfonamides is 1. The van der Waals surface area contributed by atoms with Gasteiger partial charge in [-0.05, 0) is 31.0 Å². The molecular weight excluding hydrogens is 369 g/mol. The average molecular weight is 388 g/mol. The Labute approximate surface area is 148 Å². The molecule has 0 amide bonds. The third-order valence-corrected chi connectivity index (χ3v) is 6.47. The molecule has 1 saturated heterocycles. The predicted octanol–water partition coefficient (Wildman–Crippen LogP) is 3.50. The van der Waals surface area contributed by atoms with E-state index in [1.54, 1.807) is 0 Å². The Morgan fingerprint density at radius 3 is 2.19 bits per heavy atom. The van der Waals surface area contributed by atoms with E-state index in [4.69, 9.17) is 0 Å². The molecular formula is C17H19F3N2O3S. The Morgan fingerprint density at radius 2 is 1.58 bits per heavy atom. The number of nitrogens with one attached hydrogen (secondary N) is 1. The molecule has 0 radical (unpaired) electrons. The van der Waals surface area contributed by atoms with E-state index in [9.17, 15) is 26.4 Å². The van der Waals surface area contributed by atoms with Gasteiger partial charge in [0.05, 0.1) is 10.5 Å². The zero-order chi connectivity index (χ0) is 18.9. The van der Waals surface area contributed by atoms with Crippen molar-refractivity contribution in [1.29, 1.82) is 0 Å². The van der Waals surface area contributed by atoms with Crippen molar-refractivity contribution in [3.05, 3.63) is 40.2 Å². The average Bonchev–Trinajstić information content (AvgIpc) is 2.52. The number of hydrogen-bond acceptors (Lipinski definition) is 3. The van der Waals surface area contributed by atoms with Gasteiger partial charge in [-0.1, -0.05) is 19.3 Å². The SMILES string of the molecule is O=c1cc(C(F)(F)F)c2cc(S(=O)(=O)N3CCCCCCC3)ccc2[nH]1. The number of fused-ring (bicyclic) bond motifs is 1. The lowest BCUT2D eigenvalue weighted by Crippen LogP contribution is -2.33. The van der Waals surface area contributed by atoms with Gasteiger partial charge in [0.2, 0.25) is 15.6 Å². The second-order valence-corrected chi connectivity index (χ2v) is 8.36. The number of aromatic amines is 1. The maximum atomic E-state index is 13.3. The van der Waals surface area contributed by atoms with E-state index in [0.29, 0.717) is 19.2 Å². The molecule has 5 nitrogen and oxygen atoms in total. The summed E-state index contributed by atoms with van der Waals surface area (Å²) < 4.78 is 66.9. The van der Waals surface area contributed by atoms with E-state index in [0.717, 1.165) is 38.2 Å². The summed E-state index contributed by atoms with van der Waals surface area (Å²) in [6.45, 7) is 0.718. The van der Waals surface area contributed by atoms with Crippen LogP contribution in [-0.4, -0.2) is 30.8 Å². The van der Waals surface area contributed by atoms with Gasteiger partial charge in [0, 0.05) is 30.1 Å². The van der Waals surface area contributed by atoms with E-state index >= 15 is 0 Å². The number of aromatic nitrogens is 1. The highest BCUT2D eigenvalue weighted by Crippen LogP contribution is 2.34. The highest BCUT2D eigenvalue weighted by atomic mass is 32.2. The second-order valence-electron chi connectivity index (χ2n) is 6.42. The Bertz CT molecular complexity index is 959. The molecule has 1 aromatic heterocycles. The van der Waals surface area contributed by atoms with Crippen molar-refractivity contribution in [3.8, 4) is 0 Å². The minimum absolute atomic E-state index is 0.0450. The molecule has 1 aliphatic heterocycles. The number of benzene rings is 1. The van der Waals surface area contributed by atoms with Gasteiger partial charge in [0.1, 0.15) is 0 Å². The van der Waals surface area contributed by atoms with Crippen LogP contribution in [0.2, 0.25) is 0 Å². The van der Waals surface area contributed by atoms with E-state index in [-0.39, 0.29) is 15.8 Å². The van der Waals surface area contributed by atoms with E-state index in [1.165, 1.54) is 16.4 Å². The summed E-state index contributed by atoms with van der Waals surface area (Å²) >= 11 is 0. The van der Waals surface area contributed by atoms with E-state index < -0.39 is 27.3 Å². The minimum atomic E-state index is -4.75. The minimum Gasteiger partial charge on any atom is -0.322 e. The van der Waals surface area contributed by atoms with Gasteiger partial charge < -0.3 is 4.98 Å². The number of nitrogens with zero attached hydrogens (tertiary/aromatic N) is 1. The van der Waals surface area contributed by atoms with Crippen LogP contribution in [0.15, 0.2) is 34.0 Å². The van der Waals surface area contributed by atoms with Crippen LogP contribution in [-0.2, 0) is 16.2 Å². The van der Waals surface area contributed by atoms with Crippen molar-refractivity contribution in [3.63, 3.8) is 0 Å². The third-order valence-electron chi connectivity index (χ3n) is 4.57. The van der Waals surface area contributed by atoms with Gasteiger partial charge in [-0.25, -0.2) is 8.42 Å². The number of alkyl halides is 3. The summed E-state index contributed by atoms with van der Waals surface area (Å²) in [5.74, 6) is 0. The number of halogens is 3. The van der Waals surface area contributed by atoms with Gasteiger partial charge in [-0.15, -0.1) is 0 Å². The van der Waals surface area contributed by atoms with E-state index in [2.05, 4.69) is 4.98 Å². The molecule has 1 aliphatic rings. The molecule has 0 spiro atoms. The highest BCUT2D eigenvalue weighted by molar-refractivity contribution is 7.89. The topological polar surface area (TPSA) is 70.2 Å². The summed E-state index contributed by atoms with van der Waals surface area (Å²) in [6.07, 6.45) is -0.365. The normalized spacial score (nSPS) is 17.8. The first kappa shape index (κ1) is 18.9. The molecule has 2 aromatic rings. The first-order chi connectivity index (χ1) is 12.2. The molecule has 26 heavy (non-hydrogen) atoms. The standard InChI is InChI=1S/C17H19F3N2O3S/c18-17(19,20)14-11-16(23)21-15-7-6-12(10-13(14)15)26(24,25)22-8-4-2-1-3-5-9-22/h6-7,10-11H,1-5,8-9H2,(H,21,23). The van der Waals surface area contributed by atoms with Crippen LogP contribution in [0.5, 0.6) is 0 Å². The molecule has 1 fully saturated rings. The lowest BCUT2D eigenvalue weighted by Gasteiger charge is -2.24. The Balaban J connectivity index is 2.10. The van der Waals surface area contributed by atoms with E-state index in [1.807, 2.05) is 0 Å². The molecule has 0 saturated carbocycles. The van der Waals surface area contributed by atoms with Gasteiger partial charge in [-0.3, -0.25) is 4.79 Å². The fraction of sp³-hybridized carbons (Fsp3) is 0.471. The number of rotatable bonds is 2. The van der Waals surface area contributed by atoms with Crippen LogP contribution < -0.4 is 5.56 Å². The Morgan fingerprint density at radius 1 is 0.962 bits per heavy atom. The largest absolute Gasteiger partial charge is 0.417 e. The summed E-state index contributed by atoms with van der Waals surface area (Å²) in [4.78, 5) is 13.6. The van der Waals surface area contributed by atoms with Gasteiger partial charge >= 0.3 is 6.18 Å². The summed E-state index contributed by atoms with van der Waals surface area (Å²) in [5.41, 5.74) is -2.07. The maximum absolute atomic E-state index is 13.3. The van der Waals surface area contributed by atoms with Crippen LogP contribution in [0, 0.1) is 0 Å². The summed E-state index contributed by atoms with van der Waals surface area (Å²) in [6, 6.07) is 3.91. The van der Waals surface area contributed by atoms with Crippen LogP contribution >= 0.6 is 0 Å². The molecule has 3 rings (SSSR count). The maximum Gasteiger partial charge on any atom is 0.417 e. The van der Waals surface area contributed by atoms with Crippen LogP contribution in [0.1, 0.15) is 37.7 Å². The van der Waals surface area contributed by atoms with Crippen molar-refractivity contribution < 1.29 is 21.6 Å². The highest BCUT2D eigenvalue weighted by Gasteiger charge is 2.34. The van der Waals surface area contributed by atoms with Gasteiger partial charge in [0.25, 0.3) is 0 Å². The van der Waals surface area contributed by atoms with Gasteiger partial charge in [0.15, 0.2) is 0 Å². The zero-order valence-electron chi connectivity index (χ0n) is 14.0. The number of hydrogen-bond donors (Lipinski definition) is 1. The third kappa shape index (κ3) is 3.78. The lowest BCUT2D eigenvalue weighted by molar-refractivity contribution is -0.136. The van der Waals surface area contributed by atoms with Crippen molar-refractivity contribution in [2.45, 2.75) is 43.2 Å². The molecule has 9 heteroatoms. The molecule has 2 heterocycles. The summed E-state index contributed by atoms with van der Waals surface area (Å²) in [5, 5.41) is -0.329. The Hall–Kier alpha value is -1.87. The second kappa shape index (κ2) is 7.03. The number of H-pyrrole nitrogens is 1. The number of pyridine rings is 1. The molecule has 0 unspecified atom stereocenters. The monoisotopic (exact) mass is 388 g/mol. The quantitative estimate of drug-likeness (QED) is 0.856. The molecule has 1 aromatic carbocycles. The molecule has 0 atom stereocenters. The van der Waals surface area contributed by atoms with Gasteiger partial charge in [-0.2, -0.15) is 17.5 Å². The fourth-order valence-electron chi connectivity index (χ4n) is 3.24. The van der Waals surface area contributed by atoms with Crippen molar-refractivity contribution in [2.75, 3.05) is 13.1 Å².